The van der Waals surface area contributed by atoms with E-state index in [1.807, 2.05) is 30.9 Å². The SMILES string of the molecule is CCC(=O)N1CCC(NC(=NC)NCCC(=O)Nc2cccc(C)n2)C1.I. The molecule has 0 aliphatic carbocycles. The van der Waals surface area contributed by atoms with Gasteiger partial charge in [0.1, 0.15) is 5.82 Å². The number of aliphatic imine (C=N–C) groups is 1. The Balaban J connectivity index is 0.00000364. The van der Waals surface area contributed by atoms with Crippen LogP contribution < -0.4 is 16.0 Å². The smallest absolute Gasteiger partial charge is 0.227 e. The molecule has 0 bridgehead atoms. The standard InChI is InChI=1S/C18H28N6O2.HI/c1-4-17(26)24-11-9-14(12-24)22-18(19-3)20-10-8-16(25)23-15-7-5-6-13(2)21-15;/h5-7,14H,4,8-12H2,1-3H3,(H2,19,20,22)(H,21,23,25);1H. The number of amides is 2. The van der Waals surface area contributed by atoms with Crippen LogP contribution in [0.15, 0.2) is 23.2 Å². The van der Waals surface area contributed by atoms with Crippen molar-refractivity contribution in [3.63, 3.8) is 0 Å². The van der Waals surface area contributed by atoms with E-state index in [2.05, 4.69) is 25.9 Å². The number of anilines is 1. The minimum absolute atomic E-state index is 0. The average molecular weight is 488 g/mol. The van der Waals surface area contributed by atoms with Crippen LogP contribution in [0.3, 0.4) is 0 Å². The maximum Gasteiger partial charge on any atom is 0.227 e. The first kappa shape index (κ1) is 23.1. The van der Waals surface area contributed by atoms with Gasteiger partial charge in [-0.15, -0.1) is 24.0 Å². The highest BCUT2D eigenvalue weighted by atomic mass is 127. The third-order valence-electron chi connectivity index (χ3n) is 4.21. The van der Waals surface area contributed by atoms with Crippen molar-refractivity contribution in [2.75, 3.05) is 32.0 Å². The van der Waals surface area contributed by atoms with Crippen LogP contribution in [0.25, 0.3) is 0 Å². The highest BCUT2D eigenvalue weighted by Gasteiger charge is 2.25. The van der Waals surface area contributed by atoms with Gasteiger partial charge in [-0.2, -0.15) is 0 Å². The number of hydrogen-bond acceptors (Lipinski definition) is 4. The Morgan fingerprint density at radius 3 is 2.81 bits per heavy atom. The summed E-state index contributed by atoms with van der Waals surface area (Å²) in [6, 6.07) is 5.69. The molecule has 1 aliphatic rings. The van der Waals surface area contributed by atoms with E-state index in [0.29, 0.717) is 37.7 Å². The third-order valence-corrected chi connectivity index (χ3v) is 4.21. The molecule has 8 nitrogen and oxygen atoms in total. The summed E-state index contributed by atoms with van der Waals surface area (Å²) in [5, 5.41) is 9.22. The van der Waals surface area contributed by atoms with Crippen molar-refractivity contribution >= 4 is 47.6 Å². The summed E-state index contributed by atoms with van der Waals surface area (Å²) >= 11 is 0. The average Bonchev–Trinajstić information content (AvgIpc) is 3.08. The van der Waals surface area contributed by atoms with E-state index in [4.69, 9.17) is 0 Å². The number of halogens is 1. The molecule has 150 valence electrons. The lowest BCUT2D eigenvalue weighted by Gasteiger charge is -2.18. The lowest BCUT2D eigenvalue weighted by molar-refractivity contribution is -0.129. The fourth-order valence-electron chi connectivity index (χ4n) is 2.83. The fourth-order valence-corrected chi connectivity index (χ4v) is 2.83. The van der Waals surface area contributed by atoms with Crippen LogP contribution in [0.1, 0.15) is 31.9 Å². The first-order chi connectivity index (χ1) is 12.5. The van der Waals surface area contributed by atoms with Crippen LogP contribution in [-0.4, -0.2) is 60.4 Å². The maximum atomic E-state index is 12.0. The summed E-state index contributed by atoms with van der Waals surface area (Å²) in [4.78, 5) is 34.0. The van der Waals surface area contributed by atoms with Gasteiger partial charge >= 0.3 is 0 Å². The second-order valence-corrected chi connectivity index (χ2v) is 6.28. The number of guanidine groups is 1. The zero-order valence-electron chi connectivity index (χ0n) is 16.1. The Labute approximate surface area is 177 Å². The highest BCUT2D eigenvalue weighted by molar-refractivity contribution is 14.0. The van der Waals surface area contributed by atoms with E-state index in [-0.39, 0.29) is 41.8 Å². The highest BCUT2D eigenvalue weighted by Crippen LogP contribution is 2.10. The van der Waals surface area contributed by atoms with Crippen LogP contribution in [-0.2, 0) is 9.59 Å². The molecule has 0 aromatic carbocycles. The van der Waals surface area contributed by atoms with Gasteiger partial charge in [0.05, 0.1) is 0 Å². The largest absolute Gasteiger partial charge is 0.356 e. The first-order valence-corrected chi connectivity index (χ1v) is 9.00. The number of likely N-dealkylation sites (tertiary alicyclic amines) is 1. The topological polar surface area (TPSA) is 98.7 Å². The predicted molar refractivity (Wildman–Crippen MR) is 117 cm³/mol. The van der Waals surface area contributed by atoms with Crippen molar-refractivity contribution in [3.05, 3.63) is 23.9 Å². The van der Waals surface area contributed by atoms with Crippen molar-refractivity contribution in [1.82, 2.24) is 20.5 Å². The minimum Gasteiger partial charge on any atom is -0.356 e. The Morgan fingerprint density at radius 1 is 1.37 bits per heavy atom. The monoisotopic (exact) mass is 488 g/mol. The second-order valence-electron chi connectivity index (χ2n) is 6.28. The number of carbonyl (C=O) groups is 2. The lowest BCUT2D eigenvalue weighted by Crippen LogP contribution is -2.45. The van der Waals surface area contributed by atoms with Crippen LogP contribution >= 0.6 is 24.0 Å². The number of nitrogens with one attached hydrogen (secondary N) is 3. The Kier molecular flexibility index (Phi) is 10.0. The van der Waals surface area contributed by atoms with Crippen molar-refractivity contribution in [3.8, 4) is 0 Å². The van der Waals surface area contributed by atoms with E-state index in [1.165, 1.54) is 0 Å². The molecule has 2 heterocycles. The van der Waals surface area contributed by atoms with Crippen LogP contribution in [0.2, 0.25) is 0 Å². The number of nitrogens with zero attached hydrogens (tertiary/aromatic N) is 3. The third kappa shape index (κ3) is 7.69. The molecule has 1 aromatic rings. The van der Waals surface area contributed by atoms with E-state index in [1.54, 1.807) is 13.1 Å². The minimum atomic E-state index is -0.105. The van der Waals surface area contributed by atoms with Crippen molar-refractivity contribution in [2.45, 2.75) is 39.2 Å². The summed E-state index contributed by atoms with van der Waals surface area (Å²) in [5.74, 6) is 1.27. The molecular formula is C18H29IN6O2. The quantitative estimate of drug-likeness (QED) is 0.321. The summed E-state index contributed by atoms with van der Waals surface area (Å²) in [5.41, 5.74) is 0.859. The number of rotatable bonds is 6. The molecule has 1 fully saturated rings. The molecule has 1 saturated heterocycles. The summed E-state index contributed by atoms with van der Waals surface area (Å²) in [6.45, 7) is 5.67. The Bertz CT molecular complexity index is 667. The zero-order valence-corrected chi connectivity index (χ0v) is 18.4. The van der Waals surface area contributed by atoms with Gasteiger partial charge in [0.25, 0.3) is 0 Å². The van der Waals surface area contributed by atoms with Gasteiger partial charge in [0.15, 0.2) is 5.96 Å². The molecular weight excluding hydrogens is 459 g/mol. The van der Waals surface area contributed by atoms with Gasteiger partial charge in [-0.3, -0.25) is 14.6 Å². The number of pyridine rings is 1. The summed E-state index contributed by atoms with van der Waals surface area (Å²) in [7, 11) is 1.69. The van der Waals surface area contributed by atoms with Gasteiger partial charge in [0.2, 0.25) is 11.8 Å². The lowest BCUT2D eigenvalue weighted by atomic mass is 10.3. The number of carbonyl (C=O) groups excluding carboxylic acids is 2. The van der Waals surface area contributed by atoms with Gasteiger partial charge in [-0.1, -0.05) is 13.0 Å². The van der Waals surface area contributed by atoms with Gasteiger partial charge in [0, 0.05) is 51.3 Å². The molecule has 0 saturated carbocycles. The van der Waals surface area contributed by atoms with E-state index < -0.39 is 0 Å². The molecule has 1 atom stereocenters. The van der Waals surface area contributed by atoms with Gasteiger partial charge < -0.3 is 20.9 Å². The summed E-state index contributed by atoms with van der Waals surface area (Å²) < 4.78 is 0. The molecule has 3 N–H and O–H groups in total. The number of aromatic nitrogens is 1. The maximum absolute atomic E-state index is 12.0. The van der Waals surface area contributed by atoms with Crippen LogP contribution in [0.5, 0.6) is 0 Å². The van der Waals surface area contributed by atoms with Crippen molar-refractivity contribution < 1.29 is 9.59 Å². The summed E-state index contributed by atoms with van der Waals surface area (Å²) in [6.07, 6.45) is 1.73. The molecule has 2 amide bonds. The van der Waals surface area contributed by atoms with Crippen molar-refractivity contribution in [2.24, 2.45) is 4.99 Å². The molecule has 1 aliphatic heterocycles. The number of hydrogen-bond donors (Lipinski definition) is 3. The Hall–Kier alpha value is -1.91. The second kappa shape index (κ2) is 11.7. The molecule has 0 spiro atoms. The molecule has 2 rings (SSSR count). The fraction of sp³-hybridized carbons (Fsp3) is 0.556. The zero-order chi connectivity index (χ0) is 18.9. The predicted octanol–water partition coefficient (Wildman–Crippen LogP) is 1.51. The Morgan fingerprint density at radius 2 is 2.15 bits per heavy atom. The van der Waals surface area contributed by atoms with Crippen LogP contribution in [0, 0.1) is 6.92 Å². The molecule has 1 unspecified atom stereocenters. The van der Waals surface area contributed by atoms with Gasteiger partial charge in [-0.05, 0) is 25.5 Å². The van der Waals surface area contributed by atoms with E-state index in [0.717, 1.165) is 18.7 Å². The van der Waals surface area contributed by atoms with Crippen molar-refractivity contribution in [1.29, 1.82) is 0 Å². The normalized spacial score (nSPS) is 16.5. The number of aryl methyl sites for hydroxylation is 1. The molecule has 0 radical (unpaired) electrons. The van der Waals surface area contributed by atoms with E-state index in [9.17, 15) is 9.59 Å². The molecule has 1 aromatic heterocycles. The molecule has 9 heteroatoms. The van der Waals surface area contributed by atoms with E-state index >= 15 is 0 Å². The first-order valence-electron chi connectivity index (χ1n) is 9.00. The van der Waals surface area contributed by atoms with Gasteiger partial charge in [-0.25, -0.2) is 4.98 Å². The van der Waals surface area contributed by atoms with Crippen LogP contribution in [0.4, 0.5) is 5.82 Å². The molecule has 27 heavy (non-hydrogen) atoms.